The lowest BCUT2D eigenvalue weighted by molar-refractivity contribution is -0.186. The first-order valence-electron chi connectivity index (χ1n) is 14.7. The van der Waals surface area contributed by atoms with Gasteiger partial charge in [0.05, 0.1) is 11.0 Å². The molecule has 8 atom stereocenters. The van der Waals surface area contributed by atoms with Gasteiger partial charge in [0.2, 0.25) is 6.10 Å². The number of phenolic OH excluding ortho intramolecular Hbond substituents is 1. The molecule has 2 aromatic rings. The second-order valence-electron chi connectivity index (χ2n) is 12.1. The molecule has 2 aliphatic carbocycles. The predicted molar refractivity (Wildman–Crippen MR) is 153 cm³/mol. The van der Waals surface area contributed by atoms with Crippen LogP contribution in [0.25, 0.3) is 0 Å². The number of aliphatic hydroxyl groups is 3. The molecule has 2 bridgehead atoms. The van der Waals surface area contributed by atoms with Gasteiger partial charge in [-0.05, 0) is 51.1 Å². The van der Waals surface area contributed by atoms with E-state index in [0.29, 0.717) is 24.9 Å². The molecule has 6 rings (SSSR count). The summed E-state index contributed by atoms with van der Waals surface area (Å²) in [5, 5.41) is 53.2. The number of hydrogen-bond acceptors (Lipinski definition) is 13. The van der Waals surface area contributed by atoms with Crippen molar-refractivity contribution in [3.8, 4) is 11.5 Å². The van der Waals surface area contributed by atoms with E-state index in [1.807, 2.05) is 7.05 Å². The Bertz CT molecular complexity index is 1630. The Morgan fingerprint density at radius 3 is 2.39 bits per heavy atom. The normalized spacial score (nSPS) is 28.3. The van der Waals surface area contributed by atoms with E-state index in [2.05, 4.69) is 4.90 Å². The summed E-state index contributed by atoms with van der Waals surface area (Å²) in [6, 6.07) is 10.4. The van der Waals surface area contributed by atoms with Crippen molar-refractivity contribution >= 4 is 23.9 Å². The molecule has 0 unspecified atom stereocenters. The molecule has 1 fully saturated rings. The van der Waals surface area contributed by atoms with Gasteiger partial charge >= 0.3 is 23.9 Å². The second kappa shape index (κ2) is 11.4. The number of aromatic hydroxyl groups is 1. The summed E-state index contributed by atoms with van der Waals surface area (Å²) in [4.78, 5) is 52.0. The molecule has 5 N–H and O–H groups in total. The quantitative estimate of drug-likeness (QED) is 0.184. The molecule has 244 valence electrons. The number of carboxylic acids is 1. The molecule has 2 heterocycles. The highest BCUT2D eigenvalue weighted by molar-refractivity contribution is 5.88. The van der Waals surface area contributed by atoms with E-state index in [9.17, 15) is 39.6 Å². The van der Waals surface area contributed by atoms with Gasteiger partial charge in [0, 0.05) is 23.6 Å². The zero-order chi connectivity index (χ0) is 33.1. The molecule has 2 aliphatic heterocycles. The molecule has 0 saturated carbocycles. The van der Waals surface area contributed by atoms with E-state index in [1.165, 1.54) is 36.4 Å². The van der Waals surface area contributed by atoms with Gasteiger partial charge < -0.3 is 49.4 Å². The van der Waals surface area contributed by atoms with E-state index in [1.54, 1.807) is 12.1 Å². The molecule has 1 saturated heterocycles. The lowest BCUT2D eigenvalue weighted by Crippen LogP contribution is -2.74. The Kier molecular flexibility index (Phi) is 7.79. The monoisotopic (exact) mass is 639 g/mol. The summed E-state index contributed by atoms with van der Waals surface area (Å²) >= 11 is 0. The summed E-state index contributed by atoms with van der Waals surface area (Å²) < 4.78 is 21.7. The number of nitrogens with zero attached hydrogens (tertiary/aromatic N) is 1. The van der Waals surface area contributed by atoms with Crippen molar-refractivity contribution in [3.05, 3.63) is 71.0 Å². The van der Waals surface area contributed by atoms with Crippen LogP contribution in [0.15, 0.2) is 54.3 Å². The van der Waals surface area contributed by atoms with Crippen molar-refractivity contribution in [1.29, 1.82) is 0 Å². The third kappa shape index (κ3) is 4.71. The first-order chi connectivity index (χ1) is 21.8. The number of piperidine rings is 1. The first-order valence-corrected chi connectivity index (χ1v) is 14.7. The zero-order valence-electron chi connectivity index (χ0n) is 24.9. The number of rotatable bonds is 9. The summed E-state index contributed by atoms with van der Waals surface area (Å²) in [6.07, 6.45) is -7.08. The van der Waals surface area contributed by atoms with E-state index in [0.717, 1.165) is 12.5 Å². The van der Waals surface area contributed by atoms with Gasteiger partial charge in [-0.1, -0.05) is 36.4 Å². The number of likely N-dealkylation sites (N-methyl/N-ethyl adjacent to an activating group) is 1. The fourth-order valence-electron chi connectivity index (χ4n) is 7.22. The number of likely N-dealkylation sites (tertiary alicyclic amines) is 1. The van der Waals surface area contributed by atoms with Crippen molar-refractivity contribution in [3.63, 3.8) is 0 Å². The van der Waals surface area contributed by atoms with Crippen molar-refractivity contribution < 1.29 is 63.7 Å². The van der Waals surface area contributed by atoms with Crippen molar-refractivity contribution in [1.82, 2.24) is 4.90 Å². The van der Waals surface area contributed by atoms with Gasteiger partial charge in [0.15, 0.2) is 35.9 Å². The number of esters is 3. The van der Waals surface area contributed by atoms with Gasteiger partial charge in [-0.2, -0.15) is 0 Å². The Hall–Kier alpha value is -4.50. The van der Waals surface area contributed by atoms with Crippen LogP contribution in [0.3, 0.4) is 0 Å². The second-order valence-corrected chi connectivity index (χ2v) is 12.1. The Morgan fingerprint density at radius 2 is 1.70 bits per heavy atom. The number of aliphatic carboxylic acids is 1. The first kappa shape index (κ1) is 31.5. The third-order valence-corrected chi connectivity index (χ3v) is 9.55. The molecule has 14 heteroatoms. The van der Waals surface area contributed by atoms with Crippen molar-refractivity contribution in [2.24, 2.45) is 0 Å². The maximum atomic E-state index is 13.1. The zero-order valence-corrected chi connectivity index (χ0v) is 24.9. The van der Waals surface area contributed by atoms with Crippen molar-refractivity contribution in [2.75, 3.05) is 13.6 Å². The Balaban J connectivity index is 1.21. The molecule has 0 radical (unpaired) electrons. The largest absolute Gasteiger partial charge is 0.504 e. The highest BCUT2D eigenvalue weighted by atomic mass is 16.6. The molecular formula is C32H33NO13. The number of carboxylic acid groups (broad SMARTS) is 1. The average molecular weight is 640 g/mol. The van der Waals surface area contributed by atoms with Gasteiger partial charge in [-0.15, -0.1) is 0 Å². The number of ether oxygens (including phenoxy) is 4. The van der Waals surface area contributed by atoms with Crippen LogP contribution >= 0.6 is 0 Å². The maximum absolute atomic E-state index is 13.1. The van der Waals surface area contributed by atoms with Crippen LogP contribution in [0.4, 0.5) is 0 Å². The maximum Gasteiger partial charge on any atom is 0.353 e. The Morgan fingerprint density at radius 1 is 1.00 bits per heavy atom. The lowest BCUT2D eigenvalue weighted by atomic mass is 9.50. The molecule has 14 nitrogen and oxygen atoms in total. The third-order valence-electron chi connectivity index (χ3n) is 9.55. The van der Waals surface area contributed by atoms with E-state index in [4.69, 9.17) is 24.1 Å². The van der Waals surface area contributed by atoms with Crippen LogP contribution in [0.2, 0.25) is 0 Å². The number of phenols is 1. The van der Waals surface area contributed by atoms with Crippen LogP contribution in [0.5, 0.6) is 11.5 Å². The standard InChI is InChI=1S/C32H33NO13/c1-15(27(37)38)43-30(41)24(16-6-4-3-5-7-16)46-29(40)23(36)22(35)28(39)44-19-10-11-32(42)20-14-17-8-9-18(34)25-21(17)31(32,26(19)45-25)12-13-33(20)2/h3-10,15,20,22-24,26,34-36,42H,11-14H2,1-2H3,(H,37,38)/t15-,20-,22+,23+,24-,26-,31-,32+/m0/s1. The Labute approximate surface area is 262 Å². The minimum Gasteiger partial charge on any atom is -0.504 e. The van der Waals surface area contributed by atoms with E-state index < -0.39 is 65.4 Å². The molecule has 46 heavy (non-hydrogen) atoms. The van der Waals surface area contributed by atoms with Crippen LogP contribution in [-0.4, -0.2) is 104 Å². The summed E-state index contributed by atoms with van der Waals surface area (Å²) in [5.74, 6) is -5.79. The highest BCUT2D eigenvalue weighted by Gasteiger charge is 2.72. The van der Waals surface area contributed by atoms with Crippen LogP contribution < -0.4 is 4.74 Å². The topological polar surface area (TPSA) is 210 Å². The number of carbonyl (C=O) groups excluding carboxylic acids is 3. The predicted octanol–water partition coefficient (Wildman–Crippen LogP) is 0.236. The van der Waals surface area contributed by atoms with Gasteiger partial charge in [-0.25, -0.2) is 19.2 Å². The molecule has 4 aliphatic rings. The molecular weight excluding hydrogens is 606 g/mol. The van der Waals surface area contributed by atoms with Gasteiger partial charge in [0.25, 0.3) is 0 Å². The number of aliphatic hydroxyl groups excluding tert-OH is 2. The fraction of sp³-hybridized carbons (Fsp3) is 0.438. The summed E-state index contributed by atoms with van der Waals surface area (Å²) in [7, 11) is 1.91. The number of benzene rings is 2. The summed E-state index contributed by atoms with van der Waals surface area (Å²) in [5.41, 5.74) is -0.827. The van der Waals surface area contributed by atoms with Crippen molar-refractivity contribution in [2.45, 2.75) is 73.8 Å². The van der Waals surface area contributed by atoms with Crippen LogP contribution in [0.1, 0.15) is 42.6 Å². The minimum absolute atomic E-state index is 0.0509. The minimum atomic E-state index is -2.53. The van der Waals surface area contributed by atoms with Crippen LogP contribution in [0, 0.1) is 0 Å². The average Bonchev–Trinajstić information content (AvgIpc) is 3.40. The molecule has 0 aromatic heterocycles. The highest BCUT2D eigenvalue weighted by Crippen LogP contribution is 2.65. The molecule has 2 aromatic carbocycles. The number of hydrogen-bond donors (Lipinski definition) is 5. The smallest absolute Gasteiger partial charge is 0.353 e. The molecule has 1 spiro atoms. The number of carbonyl (C=O) groups is 4. The van der Waals surface area contributed by atoms with Gasteiger partial charge in [-0.3, -0.25) is 0 Å². The fourth-order valence-corrected chi connectivity index (χ4v) is 7.22. The SMILES string of the molecule is C[C@H](OC(=O)[C@@H](OC(=O)[C@H](O)[C@@H](O)C(=O)OC1=CC[C@@]2(O)[C@@H]3Cc4ccc(O)c5c4[C@@]2(CCN3C)[C@H]1O5)c1ccccc1)C(=O)O. The molecule has 0 amide bonds. The van der Waals surface area contributed by atoms with Crippen LogP contribution in [-0.2, 0) is 45.2 Å². The van der Waals surface area contributed by atoms with E-state index in [-0.39, 0.29) is 35.3 Å². The van der Waals surface area contributed by atoms with Gasteiger partial charge in [0.1, 0.15) is 5.76 Å². The lowest BCUT2D eigenvalue weighted by Gasteiger charge is -2.61. The van der Waals surface area contributed by atoms with E-state index >= 15 is 0 Å². The summed E-state index contributed by atoms with van der Waals surface area (Å²) in [6.45, 7) is 1.67.